The van der Waals surface area contributed by atoms with Gasteiger partial charge in [-0.1, -0.05) is 0 Å². The Morgan fingerprint density at radius 2 is 2.50 bits per heavy atom. The Morgan fingerprint density at radius 3 is 3.00 bits per heavy atom. The van der Waals surface area contributed by atoms with E-state index in [1.165, 1.54) is 0 Å². The van der Waals surface area contributed by atoms with Crippen molar-refractivity contribution >= 4 is 15.9 Å². The van der Waals surface area contributed by atoms with Crippen molar-refractivity contribution in [2.75, 3.05) is 13.2 Å². The van der Waals surface area contributed by atoms with E-state index < -0.39 is 0 Å². The second-order valence-electron chi connectivity index (χ2n) is 3.02. The molecule has 0 saturated heterocycles. The molecule has 1 atom stereocenters. The Morgan fingerprint density at radius 1 is 1.71 bits per heavy atom. The molecule has 80 valence electrons. The van der Waals surface area contributed by atoms with Crippen LogP contribution in [0.4, 0.5) is 0 Å². The lowest BCUT2D eigenvalue weighted by Gasteiger charge is -2.14. The monoisotopic (exact) mass is 261 g/mol. The van der Waals surface area contributed by atoms with E-state index in [1.807, 2.05) is 17.8 Å². The highest BCUT2D eigenvalue weighted by Gasteiger charge is 2.06. The average molecular weight is 262 g/mol. The standard InChI is InChI=1S/C9H16BrN3O/c1-2-14-9(5-11)3-4-13-7-8(10)6-12-13/h6-7,9H,2-5,11H2,1H3. The third-order valence-corrected chi connectivity index (χ3v) is 2.36. The minimum absolute atomic E-state index is 0.142. The molecule has 5 heteroatoms. The van der Waals surface area contributed by atoms with Gasteiger partial charge in [0.05, 0.1) is 16.8 Å². The molecule has 1 unspecified atom stereocenters. The van der Waals surface area contributed by atoms with Crippen LogP contribution in [-0.2, 0) is 11.3 Å². The molecule has 0 amide bonds. The smallest absolute Gasteiger partial charge is 0.0714 e. The Hall–Kier alpha value is -0.390. The summed E-state index contributed by atoms with van der Waals surface area (Å²) in [7, 11) is 0. The highest BCUT2D eigenvalue weighted by Crippen LogP contribution is 2.07. The van der Waals surface area contributed by atoms with Gasteiger partial charge < -0.3 is 10.5 Å². The molecular formula is C9H16BrN3O. The first-order valence-electron chi connectivity index (χ1n) is 4.76. The molecule has 0 radical (unpaired) electrons. The molecular weight excluding hydrogens is 246 g/mol. The molecule has 0 aliphatic rings. The van der Waals surface area contributed by atoms with E-state index in [-0.39, 0.29) is 6.10 Å². The van der Waals surface area contributed by atoms with Gasteiger partial charge in [-0.05, 0) is 29.3 Å². The van der Waals surface area contributed by atoms with Crippen molar-refractivity contribution in [1.82, 2.24) is 9.78 Å². The van der Waals surface area contributed by atoms with E-state index in [4.69, 9.17) is 10.5 Å². The quantitative estimate of drug-likeness (QED) is 0.843. The summed E-state index contributed by atoms with van der Waals surface area (Å²) in [6.45, 7) is 4.10. The Bertz CT molecular complexity index is 264. The summed E-state index contributed by atoms with van der Waals surface area (Å²) in [6.07, 6.45) is 4.76. The molecule has 0 aliphatic heterocycles. The normalized spacial score (nSPS) is 13.1. The zero-order valence-corrected chi connectivity index (χ0v) is 9.90. The number of rotatable bonds is 6. The van der Waals surface area contributed by atoms with Crippen LogP contribution in [0.25, 0.3) is 0 Å². The van der Waals surface area contributed by atoms with E-state index in [2.05, 4.69) is 21.0 Å². The van der Waals surface area contributed by atoms with Gasteiger partial charge in [0.15, 0.2) is 0 Å². The fourth-order valence-corrected chi connectivity index (χ4v) is 1.57. The van der Waals surface area contributed by atoms with Crippen LogP contribution in [0.5, 0.6) is 0 Å². The van der Waals surface area contributed by atoms with Gasteiger partial charge in [-0.2, -0.15) is 5.10 Å². The largest absolute Gasteiger partial charge is 0.377 e. The first kappa shape index (κ1) is 11.7. The molecule has 14 heavy (non-hydrogen) atoms. The topological polar surface area (TPSA) is 53.1 Å². The molecule has 2 N–H and O–H groups in total. The van der Waals surface area contributed by atoms with Crippen LogP contribution in [-0.4, -0.2) is 29.0 Å². The van der Waals surface area contributed by atoms with Crippen molar-refractivity contribution in [2.45, 2.75) is 26.0 Å². The van der Waals surface area contributed by atoms with E-state index in [0.717, 1.165) is 17.4 Å². The second-order valence-corrected chi connectivity index (χ2v) is 3.94. The number of ether oxygens (including phenoxy) is 1. The molecule has 0 aliphatic carbocycles. The molecule has 0 saturated carbocycles. The lowest BCUT2D eigenvalue weighted by molar-refractivity contribution is 0.0592. The molecule has 1 aromatic heterocycles. The minimum Gasteiger partial charge on any atom is -0.377 e. The van der Waals surface area contributed by atoms with Crippen LogP contribution < -0.4 is 5.73 Å². The highest BCUT2D eigenvalue weighted by atomic mass is 79.9. The zero-order chi connectivity index (χ0) is 10.4. The van der Waals surface area contributed by atoms with Crippen molar-refractivity contribution in [3.05, 3.63) is 16.9 Å². The number of aromatic nitrogens is 2. The third kappa shape index (κ3) is 3.77. The van der Waals surface area contributed by atoms with E-state index in [0.29, 0.717) is 13.2 Å². The Kier molecular flexibility index (Phi) is 5.14. The number of hydrogen-bond donors (Lipinski definition) is 1. The van der Waals surface area contributed by atoms with Crippen LogP contribution in [0, 0.1) is 0 Å². The SMILES string of the molecule is CCOC(CN)CCn1cc(Br)cn1. The highest BCUT2D eigenvalue weighted by molar-refractivity contribution is 9.10. The van der Waals surface area contributed by atoms with Gasteiger partial charge in [0.25, 0.3) is 0 Å². The van der Waals surface area contributed by atoms with Gasteiger partial charge >= 0.3 is 0 Å². The number of halogens is 1. The summed E-state index contributed by atoms with van der Waals surface area (Å²) < 4.78 is 8.32. The number of aryl methyl sites for hydroxylation is 1. The third-order valence-electron chi connectivity index (χ3n) is 1.95. The average Bonchev–Trinajstić information content (AvgIpc) is 2.59. The Labute approximate surface area is 92.5 Å². The molecule has 0 aromatic carbocycles. The number of hydrogen-bond acceptors (Lipinski definition) is 3. The van der Waals surface area contributed by atoms with Gasteiger partial charge in [-0.25, -0.2) is 0 Å². The maximum absolute atomic E-state index is 5.56. The van der Waals surface area contributed by atoms with E-state index in [9.17, 15) is 0 Å². The van der Waals surface area contributed by atoms with Crippen LogP contribution in [0.15, 0.2) is 16.9 Å². The lowest BCUT2D eigenvalue weighted by atomic mass is 10.2. The van der Waals surface area contributed by atoms with Crippen LogP contribution in [0.3, 0.4) is 0 Å². The first-order chi connectivity index (χ1) is 6.76. The fourth-order valence-electron chi connectivity index (χ4n) is 1.24. The summed E-state index contributed by atoms with van der Waals surface area (Å²) in [6, 6.07) is 0. The number of nitrogens with two attached hydrogens (primary N) is 1. The van der Waals surface area contributed by atoms with E-state index in [1.54, 1.807) is 6.20 Å². The molecule has 1 rings (SSSR count). The zero-order valence-electron chi connectivity index (χ0n) is 8.32. The van der Waals surface area contributed by atoms with Crippen molar-refractivity contribution in [3.63, 3.8) is 0 Å². The summed E-state index contributed by atoms with van der Waals surface area (Å²) in [5.74, 6) is 0. The van der Waals surface area contributed by atoms with Gasteiger partial charge in [0, 0.05) is 25.9 Å². The Balaban J connectivity index is 2.31. The van der Waals surface area contributed by atoms with Gasteiger partial charge in [-0.15, -0.1) is 0 Å². The predicted molar refractivity (Wildman–Crippen MR) is 59.0 cm³/mol. The maximum Gasteiger partial charge on any atom is 0.0714 e. The van der Waals surface area contributed by atoms with Crippen LogP contribution in [0.1, 0.15) is 13.3 Å². The molecule has 1 heterocycles. The van der Waals surface area contributed by atoms with Crippen LogP contribution in [0.2, 0.25) is 0 Å². The van der Waals surface area contributed by atoms with Crippen molar-refractivity contribution < 1.29 is 4.74 Å². The van der Waals surface area contributed by atoms with E-state index >= 15 is 0 Å². The second kappa shape index (κ2) is 6.16. The van der Waals surface area contributed by atoms with Crippen molar-refractivity contribution in [2.24, 2.45) is 5.73 Å². The summed E-state index contributed by atoms with van der Waals surface area (Å²) in [4.78, 5) is 0. The summed E-state index contributed by atoms with van der Waals surface area (Å²) in [5.41, 5.74) is 5.56. The predicted octanol–water partition coefficient (Wildman–Crippen LogP) is 1.40. The van der Waals surface area contributed by atoms with Crippen molar-refractivity contribution in [3.8, 4) is 0 Å². The van der Waals surface area contributed by atoms with Gasteiger partial charge in [0.1, 0.15) is 0 Å². The van der Waals surface area contributed by atoms with Gasteiger partial charge in [0.2, 0.25) is 0 Å². The lowest BCUT2D eigenvalue weighted by Crippen LogP contribution is -2.25. The van der Waals surface area contributed by atoms with Gasteiger partial charge in [-0.3, -0.25) is 4.68 Å². The molecule has 4 nitrogen and oxygen atoms in total. The number of nitrogens with zero attached hydrogens (tertiary/aromatic N) is 2. The minimum atomic E-state index is 0.142. The molecule has 0 spiro atoms. The van der Waals surface area contributed by atoms with Crippen molar-refractivity contribution in [1.29, 1.82) is 0 Å². The summed E-state index contributed by atoms with van der Waals surface area (Å²) in [5, 5.41) is 4.16. The van der Waals surface area contributed by atoms with Crippen LogP contribution >= 0.6 is 15.9 Å². The molecule has 1 aromatic rings. The first-order valence-corrected chi connectivity index (χ1v) is 5.55. The summed E-state index contributed by atoms with van der Waals surface area (Å²) >= 11 is 3.35. The maximum atomic E-state index is 5.56. The molecule has 0 fully saturated rings. The molecule has 0 bridgehead atoms. The fraction of sp³-hybridized carbons (Fsp3) is 0.667.